The van der Waals surface area contributed by atoms with Crippen LogP contribution in [0.25, 0.3) is 0 Å². The lowest BCUT2D eigenvalue weighted by Crippen LogP contribution is -2.49. The molecule has 0 atom stereocenters. The van der Waals surface area contributed by atoms with Gasteiger partial charge in [-0.3, -0.25) is 0 Å². The summed E-state index contributed by atoms with van der Waals surface area (Å²) < 4.78 is 53.9. The van der Waals surface area contributed by atoms with E-state index in [4.69, 9.17) is 0 Å². The summed E-state index contributed by atoms with van der Waals surface area (Å²) in [4.78, 5) is 3.54. The third kappa shape index (κ3) is 4.18. The standard InChI is InChI=1S/C19H23F2N5O2S/c20-15-4-5-16(21)17(14-15)29(27,28)26-12-10-25(11-13-26)19-7-6-18(22-23-19)24-8-2-1-3-9-24/h4-7,14H,1-3,8-13H2. The smallest absolute Gasteiger partial charge is 0.246 e. The lowest BCUT2D eigenvalue weighted by atomic mass is 10.1. The van der Waals surface area contributed by atoms with Crippen molar-refractivity contribution in [2.75, 3.05) is 49.1 Å². The first kappa shape index (κ1) is 20.0. The summed E-state index contributed by atoms with van der Waals surface area (Å²) in [6, 6.07) is 6.30. The van der Waals surface area contributed by atoms with Crippen molar-refractivity contribution in [2.24, 2.45) is 0 Å². The molecule has 1 aromatic heterocycles. The molecule has 1 aromatic carbocycles. The van der Waals surface area contributed by atoms with Crippen molar-refractivity contribution >= 4 is 21.7 Å². The van der Waals surface area contributed by atoms with Crippen LogP contribution in [0.5, 0.6) is 0 Å². The number of piperazine rings is 1. The molecule has 0 N–H and O–H groups in total. The van der Waals surface area contributed by atoms with Crippen molar-refractivity contribution in [3.05, 3.63) is 42.0 Å². The highest BCUT2D eigenvalue weighted by atomic mass is 32.2. The molecule has 2 aliphatic heterocycles. The first-order chi connectivity index (χ1) is 13.9. The molecule has 2 aromatic rings. The van der Waals surface area contributed by atoms with E-state index in [0.29, 0.717) is 18.9 Å². The van der Waals surface area contributed by atoms with Crippen LogP contribution in [-0.2, 0) is 10.0 Å². The van der Waals surface area contributed by atoms with E-state index in [1.807, 2.05) is 17.0 Å². The Bertz CT molecular complexity index is 957. The average molecular weight is 423 g/mol. The zero-order valence-corrected chi connectivity index (χ0v) is 16.8. The molecule has 7 nitrogen and oxygen atoms in total. The van der Waals surface area contributed by atoms with Crippen LogP contribution in [0.2, 0.25) is 0 Å². The number of hydrogen-bond acceptors (Lipinski definition) is 6. The van der Waals surface area contributed by atoms with E-state index in [9.17, 15) is 17.2 Å². The second-order valence-electron chi connectivity index (χ2n) is 7.26. The quantitative estimate of drug-likeness (QED) is 0.752. The summed E-state index contributed by atoms with van der Waals surface area (Å²) in [5, 5.41) is 8.63. The zero-order chi connectivity index (χ0) is 20.4. The fourth-order valence-electron chi connectivity index (χ4n) is 3.75. The van der Waals surface area contributed by atoms with Crippen molar-refractivity contribution in [2.45, 2.75) is 24.2 Å². The lowest BCUT2D eigenvalue weighted by molar-refractivity contribution is 0.380. The molecule has 0 radical (unpaired) electrons. The molecule has 2 fully saturated rings. The van der Waals surface area contributed by atoms with Gasteiger partial charge in [0.25, 0.3) is 0 Å². The zero-order valence-electron chi connectivity index (χ0n) is 16.0. The van der Waals surface area contributed by atoms with Gasteiger partial charge < -0.3 is 9.80 Å². The Morgan fingerprint density at radius 3 is 1.93 bits per heavy atom. The van der Waals surface area contributed by atoms with Gasteiger partial charge in [0.2, 0.25) is 10.0 Å². The second-order valence-corrected chi connectivity index (χ2v) is 9.17. The number of benzene rings is 1. The van der Waals surface area contributed by atoms with Gasteiger partial charge in [0.05, 0.1) is 0 Å². The number of aromatic nitrogens is 2. The van der Waals surface area contributed by atoms with E-state index in [1.54, 1.807) is 0 Å². The molecule has 0 amide bonds. The van der Waals surface area contributed by atoms with E-state index in [1.165, 1.54) is 10.7 Å². The fourth-order valence-corrected chi connectivity index (χ4v) is 5.25. The Balaban J connectivity index is 1.42. The summed E-state index contributed by atoms with van der Waals surface area (Å²) in [5.41, 5.74) is 0. The van der Waals surface area contributed by atoms with Crippen LogP contribution in [0.3, 0.4) is 0 Å². The van der Waals surface area contributed by atoms with Gasteiger partial charge in [0.1, 0.15) is 16.5 Å². The van der Waals surface area contributed by atoms with Crippen LogP contribution in [0.4, 0.5) is 20.4 Å². The Kier molecular flexibility index (Phi) is 5.64. The molecular weight excluding hydrogens is 400 g/mol. The highest BCUT2D eigenvalue weighted by Crippen LogP contribution is 2.24. The number of rotatable bonds is 4. The van der Waals surface area contributed by atoms with Gasteiger partial charge in [-0.05, 0) is 49.6 Å². The number of halogens is 2. The molecule has 0 spiro atoms. The van der Waals surface area contributed by atoms with Crippen LogP contribution in [0.1, 0.15) is 19.3 Å². The Labute approximate surface area is 169 Å². The van der Waals surface area contributed by atoms with Gasteiger partial charge in [-0.25, -0.2) is 17.2 Å². The number of piperidine rings is 1. The van der Waals surface area contributed by atoms with E-state index in [2.05, 4.69) is 15.1 Å². The number of hydrogen-bond donors (Lipinski definition) is 0. The van der Waals surface area contributed by atoms with Gasteiger partial charge in [0.15, 0.2) is 11.6 Å². The molecule has 0 saturated carbocycles. The highest BCUT2D eigenvalue weighted by molar-refractivity contribution is 7.89. The summed E-state index contributed by atoms with van der Waals surface area (Å²) >= 11 is 0. The van der Waals surface area contributed by atoms with Crippen molar-refractivity contribution < 1.29 is 17.2 Å². The molecule has 3 heterocycles. The highest BCUT2D eigenvalue weighted by Gasteiger charge is 2.31. The van der Waals surface area contributed by atoms with Gasteiger partial charge in [-0.2, -0.15) is 4.31 Å². The summed E-state index contributed by atoms with van der Waals surface area (Å²) in [6.07, 6.45) is 3.56. The molecule has 10 heteroatoms. The largest absolute Gasteiger partial charge is 0.355 e. The molecule has 29 heavy (non-hydrogen) atoms. The molecule has 2 aliphatic rings. The maximum atomic E-state index is 13.9. The molecule has 0 bridgehead atoms. The van der Waals surface area contributed by atoms with E-state index in [0.717, 1.165) is 49.9 Å². The normalized spacial score (nSPS) is 18.8. The van der Waals surface area contributed by atoms with Crippen molar-refractivity contribution in [3.63, 3.8) is 0 Å². The van der Waals surface area contributed by atoms with Crippen molar-refractivity contribution in [1.29, 1.82) is 0 Å². The Hall–Kier alpha value is -2.33. The average Bonchev–Trinajstić information content (AvgIpc) is 2.76. The molecule has 0 unspecified atom stereocenters. The number of nitrogens with zero attached hydrogens (tertiary/aromatic N) is 5. The Morgan fingerprint density at radius 2 is 1.34 bits per heavy atom. The summed E-state index contributed by atoms with van der Waals surface area (Å²) in [6.45, 7) is 3.09. The summed E-state index contributed by atoms with van der Waals surface area (Å²) in [5.74, 6) is -0.198. The molecule has 156 valence electrons. The minimum absolute atomic E-state index is 0.161. The van der Waals surface area contributed by atoms with E-state index < -0.39 is 26.6 Å². The van der Waals surface area contributed by atoms with Crippen LogP contribution < -0.4 is 9.80 Å². The minimum Gasteiger partial charge on any atom is -0.355 e. The van der Waals surface area contributed by atoms with Gasteiger partial charge in [-0.1, -0.05) is 0 Å². The lowest BCUT2D eigenvalue weighted by Gasteiger charge is -2.34. The first-order valence-corrected chi connectivity index (χ1v) is 11.2. The van der Waals surface area contributed by atoms with Crippen molar-refractivity contribution in [3.8, 4) is 0 Å². The van der Waals surface area contributed by atoms with E-state index >= 15 is 0 Å². The molecular formula is C19H23F2N5O2S. The third-order valence-corrected chi connectivity index (χ3v) is 7.30. The number of sulfonamides is 1. The summed E-state index contributed by atoms with van der Waals surface area (Å²) in [7, 11) is -4.09. The van der Waals surface area contributed by atoms with E-state index in [-0.39, 0.29) is 13.1 Å². The minimum atomic E-state index is -4.09. The van der Waals surface area contributed by atoms with Crippen LogP contribution >= 0.6 is 0 Å². The first-order valence-electron chi connectivity index (χ1n) is 9.74. The fraction of sp³-hybridized carbons (Fsp3) is 0.474. The van der Waals surface area contributed by atoms with Crippen LogP contribution in [0, 0.1) is 11.6 Å². The SMILES string of the molecule is O=S(=O)(c1cc(F)ccc1F)N1CCN(c2ccc(N3CCCCC3)nn2)CC1. The maximum absolute atomic E-state index is 13.9. The number of anilines is 2. The van der Waals surface area contributed by atoms with Crippen LogP contribution in [0.15, 0.2) is 35.2 Å². The predicted molar refractivity (Wildman–Crippen MR) is 105 cm³/mol. The monoisotopic (exact) mass is 423 g/mol. The second kappa shape index (κ2) is 8.19. The van der Waals surface area contributed by atoms with Gasteiger partial charge >= 0.3 is 0 Å². The maximum Gasteiger partial charge on any atom is 0.246 e. The van der Waals surface area contributed by atoms with Gasteiger partial charge in [-0.15, -0.1) is 10.2 Å². The van der Waals surface area contributed by atoms with Gasteiger partial charge in [0, 0.05) is 39.3 Å². The molecule has 4 rings (SSSR count). The molecule has 2 saturated heterocycles. The third-order valence-electron chi connectivity index (χ3n) is 5.39. The predicted octanol–water partition coefficient (Wildman–Crippen LogP) is 2.26. The van der Waals surface area contributed by atoms with Crippen LogP contribution in [-0.4, -0.2) is 62.2 Å². The van der Waals surface area contributed by atoms with Crippen molar-refractivity contribution in [1.82, 2.24) is 14.5 Å². The Morgan fingerprint density at radius 1 is 0.759 bits per heavy atom. The molecule has 0 aliphatic carbocycles. The topological polar surface area (TPSA) is 69.6 Å².